The van der Waals surface area contributed by atoms with Crippen LogP contribution < -0.4 is 4.90 Å². The average Bonchev–Trinajstić information content (AvgIpc) is 3.35. The van der Waals surface area contributed by atoms with Crippen molar-refractivity contribution in [3.63, 3.8) is 0 Å². The lowest BCUT2D eigenvalue weighted by molar-refractivity contribution is -0.143. The van der Waals surface area contributed by atoms with Crippen LogP contribution in [0.3, 0.4) is 0 Å². The summed E-state index contributed by atoms with van der Waals surface area (Å²) in [6.45, 7) is 3.71. The van der Waals surface area contributed by atoms with Gasteiger partial charge in [-0.2, -0.15) is 4.31 Å². The minimum atomic E-state index is -3.92. The van der Waals surface area contributed by atoms with Gasteiger partial charge in [-0.05, 0) is 52.2 Å². The molecule has 2 amide bonds. The highest BCUT2D eigenvalue weighted by Crippen LogP contribution is 2.53. The summed E-state index contributed by atoms with van der Waals surface area (Å²) in [5.41, 5.74) is -1.24. The number of fused-ring (bicyclic) bond motifs is 2. The number of anilines is 1. The van der Waals surface area contributed by atoms with Crippen molar-refractivity contribution < 1.29 is 32.6 Å². The van der Waals surface area contributed by atoms with E-state index in [1.54, 1.807) is 31.2 Å². The fraction of sp³-hybridized carbons (Fsp3) is 0.414. The molecule has 1 atom stereocenters. The standard InChI is InChI=1S/C29H34N4O7S/c1-4-32-23-12-6-5-11-22(23)29(28(32)37)24(26(35)27(36)33(29)14-8-13-30(2)3)25(34)20-9-7-10-21(19-20)41(38,39)31-15-17-40-18-16-31/h5-7,9-12,19,34H,4,8,13-18H2,1-3H3/t29-/m0/s1. The Morgan fingerprint density at radius 1 is 1.05 bits per heavy atom. The van der Waals surface area contributed by atoms with E-state index in [0.29, 0.717) is 24.2 Å². The molecular weight excluding hydrogens is 548 g/mol. The van der Waals surface area contributed by atoms with Crippen molar-refractivity contribution in [2.24, 2.45) is 0 Å². The predicted octanol–water partition coefficient (Wildman–Crippen LogP) is 1.60. The van der Waals surface area contributed by atoms with E-state index in [-0.39, 0.29) is 55.4 Å². The van der Waals surface area contributed by atoms with Crippen LogP contribution in [0.25, 0.3) is 5.76 Å². The van der Waals surface area contributed by atoms with E-state index in [1.165, 1.54) is 38.4 Å². The molecule has 1 N–H and O–H groups in total. The molecule has 218 valence electrons. The Morgan fingerprint density at radius 2 is 1.76 bits per heavy atom. The molecule has 12 heteroatoms. The van der Waals surface area contributed by atoms with Crippen molar-refractivity contribution in [3.8, 4) is 0 Å². The molecule has 0 saturated carbocycles. The summed E-state index contributed by atoms with van der Waals surface area (Å²) in [7, 11) is -0.148. The number of likely N-dealkylation sites (N-methyl/N-ethyl adjacent to an activating group) is 1. The average molecular weight is 583 g/mol. The maximum Gasteiger partial charge on any atom is 0.296 e. The molecule has 2 fully saturated rings. The van der Waals surface area contributed by atoms with Crippen LogP contribution in [0, 0.1) is 0 Å². The summed E-state index contributed by atoms with van der Waals surface area (Å²) < 4.78 is 33.3. The molecule has 2 saturated heterocycles. The molecule has 3 aliphatic heterocycles. The highest BCUT2D eigenvalue weighted by Gasteiger charge is 2.66. The zero-order valence-electron chi connectivity index (χ0n) is 23.4. The molecule has 5 rings (SSSR count). The van der Waals surface area contributed by atoms with E-state index in [2.05, 4.69) is 0 Å². The highest BCUT2D eigenvalue weighted by atomic mass is 32.2. The maximum atomic E-state index is 14.3. The highest BCUT2D eigenvalue weighted by molar-refractivity contribution is 7.89. The van der Waals surface area contributed by atoms with Crippen molar-refractivity contribution in [2.75, 3.05) is 64.9 Å². The van der Waals surface area contributed by atoms with Crippen molar-refractivity contribution >= 4 is 39.1 Å². The number of amides is 2. The molecule has 41 heavy (non-hydrogen) atoms. The third kappa shape index (κ3) is 4.55. The molecule has 0 unspecified atom stereocenters. The number of carbonyl (C=O) groups is 3. The molecule has 0 radical (unpaired) electrons. The quantitative estimate of drug-likeness (QED) is 0.283. The number of sulfonamides is 1. The lowest BCUT2D eigenvalue weighted by Gasteiger charge is -2.34. The lowest BCUT2D eigenvalue weighted by Crippen LogP contribution is -2.52. The number of hydrogen-bond acceptors (Lipinski definition) is 8. The van der Waals surface area contributed by atoms with Gasteiger partial charge in [0.25, 0.3) is 17.6 Å². The molecule has 0 aromatic heterocycles. The van der Waals surface area contributed by atoms with Gasteiger partial charge in [-0.1, -0.05) is 30.3 Å². The van der Waals surface area contributed by atoms with Crippen LogP contribution in [0.4, 0.5) is 5.69 Å². The van der Waals surface area contributed by atoms with Crippen molar-refractivity contribution in [3.05, 3.63) is 65.2 Å². The molecule has 1 spiro atoms. The normalized spacial score (nSPS) is 22.8. The van der Waals surface area contributed by atoms with Gasteiger partial charge in [0.2, 0.25) is 10.0 Å². The van der Waals surface area contributed by atoms with E-state index in [0.717, 1.165) is 0 Å². The van der Waals surface area contributed by atoms with E-state index in [1.807, 2.05) is 19.0 Å². The van der Waals surface area contributed by atoms with Crippen LogP contribution in [0.1, 0.15) is 24.5 Å². The molecule has 2 aromatic rings. The number of morpholine rings is 1. The fourth-order valence-electron chi connectivity index (χ4n) is 5.91. The van der Waals surface area contributed by atoms with E-state index < -0.39 is 38.9 Å². The second kappa shape index (κ2) is 11.0. The first-order chi connectivity index (χ1) is 19.6. The predicted molar refractivity (Wildman–Crippen MR) is 152 cm³/mol. The van der Waals surface area contributed by atoms with Crippen LogP contribution in [-0.4, -0.2) is 105 Å². The zero-order chi connectivity index (χ0) is 29.5. The Bertz CT molecular complexity index is 1530. The molecule has 0 aliphatic carbocycles. The summed E-state index contributed by atoms with van der Waals surface area (Å²) in [6.07, 6.45) is 0.483. The zero-order valence-corrected chi connectivity index (χ0v) is 24.2. The first-order valence-corrected chi connectivity index (χ1v) is 15.0. The number of ether oxygens (including phenoxy) is 1. The third-order valence-corrected chi connectivity index (χ3v) is 9.72. The first-order valence-electron chi connectivity index (χ1n) is 13.6. The van der Waals surface area contributed by atoms with Crippen LogP contribution >= 0.6 is 0 Å². The van der Waals surface area contributed by atoms with Gasteiger partial charge in [0.15, 0.2) is 5.54 Å². The van der Waals surface area contributed by atoms with Crippen LogP contribution in [0.5, 0.6) is 0 Å². The van der Waals surface area contributed by atoms with Gasteiger partial charge in [0, 0.05) is 37.3 Å². The number of ketones is 1. The maximum absolute atomic E-state index is 14.3. The Morgan fingerprint density at radius 3 is 2.44 bits per heavy atom. The smallest absolute Gasteiger partial charge is 0.296 e. The van der Waals surface area contributed by atoms with E-state index in [4.69, 9.17) is 4.74 Å². The van der Waals surface area contributed by atoms with Gasteiger partial charge in [-0.3, -0.25) is 14.4 Å². The SMILES string of the molecule is CCN1C(=O)[C@@]2(C(=C(O)c3cccc(S(=O)(=O)N4CCOCC4)c3)C(=O)C(=O)N2CCCN(C)C)c2ccccc21. The number of Topliss-reactive ketones (excluding diaryl/α,β-unsaturated/α-hetero) is 1. The molecule has 0 bridgehead atoms. The molecular formula is C29H34N4O7S. The Hall–Kier alpha value is -3.58. The van der Waals surface area contributed by atoms with E-state index in [9.17, 15) is 27.9 Å². The number of likely N-dealkylation sites (tertiary alicyclic amines) is 1. The number of para-hydroxylation sites is 1. The number of hydrogen-bond donors (Lipinski definition) is 1. The summed E-state index contributed by atoms with van der Waals surface area (Å²) in [6, 6.07) is 12.5. The molecule has 3 heterocycles. The van der Waals surface area contributed by atoms with Gasteiger partial charge in [0.1, 0.15) is 5.76 Å². The molecule has 3 aliphatic rings. The summed E-state index contributed by atoms with van der Waals surface area (Å²) in [5, 5.41) is 11.7. The minimum absolute atomic E-state index is 0.0187. The van der Waals surface area contributed by atoms with Gasteiger partial charge >= 0.3 is 0 Å². The molecule has 11 nitrogen and oxygen atoms in total. The van der Waals surface area contributed by atoms with Crippen LogP contribution in [-0.2, 0) is 34.7 Å². The topological polar surface area (TPSA) is 128 Å². The monoisotopic (exact) mass is 582 g/mol. The number of rotatable bonds is 8. The Kier molecular flexibility index (Phi) is 7.77. The van der Waals surface area contributed by atoms with Crippen molar-refractivity contribution in [1.82, 2.24) is 14.1 Å². The van der Waals surface area contributed by atoms with Gasteiger partial charge < -0.3 is 24.5 Å². The second-order valence-electron chi connectivity index (χ2n) is 10.5. The Balaban J connectivity index is 1.70. The number of aliphatic hydroxyl groups excluding tert-OH is 1. The lowest BCUT2D eigenvalue weighted by atomic mass is 9.82. The fourth-order valence-corrected chi connectivity index (χ4v) is 7.36. The Labute approximate surface area is 239 Å². The van der Waals surface area contributed by atoms with Crippen LogP contribution in [0.15, 0.2) is 59.0 Å². The van der Waals surface area contributed by atoms with Crippen LogP contribution in [0.2, 0.25) is 0 Å². The minimum Gasteiger partial charge on any atom is -0.507 e. The van der Waals surface area contributed by atoms with Gasteiger partial charge in [-0.15, -0.1) is 0 Å². The number of carbonyl (C=O) groups excluding carboxylic acids is 3. The first kappa shape index (κ1) is 28.9. The molecule has 2 aromatic carbocycles. The summed E-state index contributed by atoms with van der Waals surface area (Å²) >= 11 is 0. The van der Waals surface area contributed by atoms with Crippen molar-refractivity contribution in [1.29, 1.82) is 0 Å². The number of benzene rings is 2. The summed E-state index contributed by atoms with van der Waals surface area (Å²) in [4.78, 5) is 46.3. The largest absolute Gasteiger partial charge is 0.507 e. The van der Waals surface area contributed by atoms with Gasteiger partial charge in [-0.25, -0.2) is 8.42 Å². The van der Waals surface area contributed by atoms with Crippen molar-refractivity contribution in [2.45, 2.75) is 23.8 Å². The second-order valence-corrected chi connectivity index (χ2v) is 12.4. The van der Waals surface area contributed by atoms with Gasteiger partial charge in [0.05, 0.1) is 29.4 Å². The number of nitrogens with zero attached hydrogens (tertiary/aromatic N) is 4. The third-order valence-electron chi connectivity index (χ3n) is 7.83. The number of aliphatic hydroxyl groups is 1. The summed E-state index contributed by atoms with van der Waals surface area (Å²) in [5.74, 6) is -2.99. The van der Waals surface area contributed by atoms with E-state index >= 15 is 0 Å².